The fourth-order valence-electron chi connectivity index (χ4n) is 1.69. The molecule has 7 heteroatoms. The predicted octanol–water partition coefficient (Wildman–Crippen LogP) is 2.27. The van der Waals surface area contributed by atoms with Crippen molar-refractivity contribution >= 4 is 5.65 Å². The third kappa shape index (κ3) is 2.86. The Bertz CT molecular complexity index is 574. The normalized spacial score (nSPS) is 14.3. The first-order valence-corrected chi connectivity index (χ1v) is 5.95. The van der Waals surface area contributed by atoms with E-state index in [0.717, 1.165) is 12.3 Å². The number of fused-ring (bicyclic) bond motifs is 1. The van der Waals surface area contributed by atoms with Gasteiger partial charge in [-0.1, -0.05) is 13.8 Å². The molecule has 2 aromatic rings. The quantitative estimate of drug-likeness (QED) is 0.932. The maximum Gasteiger partial charge on any atom is 0.417 e. The Kier molecular flexibility index (Phi) is 3.49. The van der Waals surface area contributed by atoms with Crippen LogP contribution >= 0.6 is 0 Å². The van der Waals surface area contributed by atoms with Crippen LogP contribution in [0, 0.1) is 5.92 Å². The van der Waals surface area contributed by atoms with E-state index in [1.54, 1.807) is 0 Å². The SMILES string of the molecule is CC(C)C(N)Cc1nnc2ccc(C(F)(F)F)cn12. The Morgan fingerprint density at radius 2 is 1.95 bits per heavy atom. The van der Waals surface area contributed by atoms with E-state index in [1.165, 1.54) is 10.5 Å². The topological polar surface area (TPSA) is 56.2 Å². The van der Waals surface area contributed by atoms with Gasteiger partial charge in [0, 0.05) is 18.7 Å². The van der Waals surface area contributed by atoms with E-state index in [1.807, 2.05) is 13.8 Å². The zero-order chi connectivity index (χ0) is 14.2. The maximum atomic E-state index is 12.7. The second kappa shape index (κ2) is 4.80. The van der Waals surface area contributed by atoms with Crippen molar-refractivity contribution in [1.82, 2.24) is 14.6 Å². The summed E-state index contributed by atoms with van der Waals surface area (Å²) in [7, 11) is 0. The van der Waals surface area contributed by atoms with Crippen molar-refractivity contribution < 1.29 is 13.2 Å². The molecule has 2 N–H and O–H groups in total. The van der Waals surface area contributed by atoms with E-state index in [-0.39, 0.29) is 12.0 Å². The lowest BCUT2D eigenvalue weighted by Gasteiger charge is -2.14. The lowest BCUT2D eigenvalue weighted by molar-refractivity contribution is -0.137. The largest absolute Gasteiger partial charge is 0.417 e. The van der Waals surface area contributed by atoms with Gasteiger partial charge in [0.25, 0.3) is 0 Å². The molecule has 0 aromatic carbocycles. The van der Waals surface area contributed by atoms with Crippen molar-refractivity contribution in [2.45, 2.75) is 32.5 Å². The molecule has 0 amide bonds. The van der Waals surface area contributed by atoms with E-state index >= 15 is 0 Å². The second-order valence-corrected chi connectivity index (χ2v) is 4.87. The van der Waals surface area contributed by atoms with Gasteiger partial charge in [-0.2, -0.15) is 13.2 Å². The summed E-state index contributed by atoms with van der Waals surface area (Å²) in [4.78, 5) is 0. The molecular weight excluding hydrogens is 257 g/mol. The van der Waals surface area contributed by atoms with E-state index in [2.05, 4.69) is 10.2 Å². The molecule has 0 bridgehead atoms. The standard InChI is InChI=1S/C12H15F3N4/c1-7(2)9(16)5-11-18-17-10-4-3-8(6-19(10)11)12(13,14)15/h3-4,6-7,9H,5,16H2,1-2H3. The minimum atomic E-state index is -4.38. The maximum absolute atomic E-state index is 12.7. The monoisotopic (exact) mass is 272 g/mol. The lowest BCUT2D eigenvalue weighted by atomic mass is 10.0. The molecule has 0 fully saturated rings. The molecule has 0 radical (unpaired) electrons. The van der Waals surface area contributed by atoms with Crippen molar-refractivity contribution in [2.24, 2.45) is 11.7 Å². The van der Waals surface area contributed by atoms with Gasteiger partial charge in [-0.25, -0.2) is 0 Å². The number of rotatable bonds is 3. The summed E-state index contributed by atoms with van der Waals surface area (Å²) >= 11 is 0. The molecule has 2 rings (SSSR count). The van der Waals surface area contributed by atoms with Gasteiger partial charge >= 0.3 is 6.18 Å². The highest BCUT2D eigenvalue weighted by Gasteiger charge is 2.31. The molecular formula is C12H15F3N4. The first kappa shape index (κ1) is 13.8. The average Bonchev–Trinajstić information content (AvgIpc) is 2.70. The van der Waals surface area contributed by atoms with Crippen LogP contribution < -0.4 is 5.73 Å². The van der Waals surface area contributed by atoms with Crippen molar-refractivity contribution in [3.05, 3.63) is 29.7 Å². The zero-order valence-electron chi connectivity index (χ0n) is 10.6. The smallest absolute Gasteiger partial charge is 0.327 e. The molecule has 2 aromatic heterocycles. The Morgan fingerprint density at radius 1 is 1.26 bits per heavy atom. The number of nitrogens with two attached hydrogens (primary N) is 1. The first-order chi connectivity index (χ1) is 8.79. The summed E-state index contributed by atoms with van der Waals surface area (Å²) in [5.74, 6) is 0.667. The zero-order valence-corrected chi connectivity index (χ0v) is 10.6. The molecule has 0 aliphatic rings. The molecule has 19 heavy (non-hydrogen) atoms. The highest BCUT2D eigenvalue weighted by Crippen LogP contribution is 2.29. The fourth-order valence-corrected chi connectivity index (χ4v) is 1.69. The molecule has 2 heterocycles. The van der Waals surface area contributed by atoms with Crippen LogP contribution in [0.3, 0.4) is 0 Å². The predicted molar refractivity (Wildman–Crippen MR) is 64.5 cm³/mol. The minimum absolute atomic E-state index is 0.165. The molecule has 0 spiro atoms. The molecule has 0 aliphatic carbocycles. The Labute approximate surface area is 108 Å². The number of aromatic nitrogens is 3. The van der Waals surface area contributed by atoms with Gasteiger partial charge in [-0.15, -0.1) is 10.2 Å². The van der Waals surface area contributed by atoms with Crippen LogP contribution in [0.1, 0.15) is 25.2 Å². The van der Waals surface area contributed by atoms with Crippen LogP contribution in [0.15, 0.2) is 18.3 Å². The number of nitrogens with zero attached hydrogens (tertiary/aromatic N) is 3. The highest BCUT2D eigenvalue weighted by atomic mass is 19.4. The third-order valence-corrected chi connectivity index (χ3v) is 3.07. The number of hydrogen-bond donors (Lipinski definition) is 1. The highest BCUT2D eigenvalue weighted by molar-refractivity contribution is 5.40. The summed E-state index contributed by atoms with van der Waals surface area (Å²) in [6, 6.07) is 2.14. The van der Waals surface area contributed by atoms with Gasteiger partial charge in [0.2, 0.25) is 0 Å². The Balaban J connectivity index is 2.40. The van der Waals surface area contributed by atoms with Crippen LogP contribution in [0.25, 0.3) is 5.65 Å². The number of alkyl halides is 3. The van der Waals surface area contributed by atoms with Crippen molar-refractivity contribution in [2.75, 3.05) is 0 Å². The molecule has 4 nitrogen and oxygen atoms in total. The van der Waals surface area contributed by atoms with Crippen molar-refractivity contribution in [3.8, 4) is 0 Å². The van der Waals surface area contributed by atoms with E-state index in [4.69, 9.17) is 5.73 Å². The summed E-state index contributed by atoms with van der Waals surface area (Å²) in [5, 5.41) is 7.75. The van der Waals surface area contributed by atoms with Crippen LogP contribution in [-0.4, -0.2) is 20.6 Å². The number of hydrogen-bond acceptors (Lipinski definition) is 3. The number of halogens is 3. The first-order valence-electron chi connectivity index (χ1n) is 5.95. The Morgan fingerprint density at radius 3 is 2.53 bits per heavy atom. The average molecular weight is 272 g/mol. The summed E-state index contributed by atoms with van der Waals surface area (Å²) in [6.07, 6.45) is -2.98. The molecule has 1 atom stereocenters. The van der Waals surface area contributed by atoms with Crippen molar-refractivity contribution in [1.29, 1.82) is 0 Å². The van der Waals surface area contributed by atoms with Gasteiger partial charge in [-0.3, -0.25) is 4.40 Å². The number of pyridine rings is 1. The third-order valence-electron chi connectivity index (χ3n) is 3.07. The fraction of sp³-hybridized carbons (Fsp3) is 0.500. The minimum Gasteiger partial charge on any atom is -0.327 e. The summed E-state index contributed by atoms with van der Waals surface area (Å²) in [5.41, 5.74) is 5.58. The van der Waals surface area contributed by atoms with Crippen molar-refractivity contribution in [3.63, 3.8) is 0 Å². The molecule has 0 saturated carbocycles. The Hall–Kier alpha value is -1.63. The molecule has 0 saturated heterocycles. The molecule has 104 valence electrons. The van der Waals surface area contributed by atoms with Crippen LogP contribution in [0.2, 0.25) is 0 Å². The van der Waals surface area contributed by atoms with Gasteiger partial charge in [-0.05, 0) is 18.1 Å². The lowest BCUT2D eigenvalue weighted by Crippen LogP contribution is -2.29. The van der Waals surface area contributed by atoms with E-state index in [9.17, 15) is 13.2 Å². The summed E-state index contributed by atoms with van der Waals surface area (Å²) < 4.78 is 39.3. The van der Waals surface area contributed by atoms with E-state index in [0.29, 0.717) is 17.9 Å². The van der Waals surface area contributed by atoms with E-state index < -0.39 is 11.7 Å². The van der Waals surface area contributed by atoms with Gasteiger partial charge in [0.05, 0.1) is 5.56 Å². The summed E-state index contributed by atoms with van der Waals surface area (Å²) in [6.45, 7) is 3.91. The van der Waals surface area contributed by atoms with Crippen LogP contribution in [0.5, 0.6) is 0 Å². The van der Waals surface area contributed by atoms with Gasteiger partial charge < -0.3 is 5.73 Å². The van der Waals surface area contributed by atoms with Gasteiger partial charge in [0.1, 0.15) is 5.82 Å². The second-order valence-electron chi connectivity index (χ2n) is 4.87. The van der Waals surface area contributed by atoms with Crippen LogP contribution in [-0.2, 0) is 12.6 Å². The van der Waals surface area contributed by atoms with Gasteiger partial charge in [0.15, 0.2) is 5.65 Å². The molecule has 0 aliphatic heterocycles. The van der Waals surface area contributed by atoms with Crippen LogP contribution in [0.4, 0.5) is 13.2 Å². The molecule has 1 unspecified atom stereocenters.